The molecule has 0 aromatic carbocycles. The third-order valence-electron chi connectivity index (χ3n) is 2.54. The molecule has 1 rings (SSSR count). The number of aryl methyl sites for hydroxylation is 1. The van der Waals surface area contributed by atoms with E-state index in [1.165, 1.54) is 0 Å². The standard InChI is InChI=1S/C13H23N3O2/c1-4-6-14-13(17)10-16(7-5-2)9-12-8-11(3)18-15-12/h8H,4-7,9-10H2,1-3H3,(H,14,17). The summed E-state index contributed by atoms with van der Waals surface area (Å²) in [5.74, 6) is 0.877. The number of carbonyl (C=O) groups excluding carboxylic acids is 1. The minimum absolute atomic E-state index is 0.0746. The molecule has 5 nitrogen and oxygen atoms in total. The van der Waals surface area contributed by atoms with E-state index in [1.54, 1.807) is 0 Å². The van der Waals surface area contributed by atoms with Crippen LogP contribution in [0.3, 0.4) is 0 Å². The van der Waals surface area contributed by atoms with Crippen LogP contribution >= 0.6 is 0 Å². The topological polar surface area (TPSA) is 58.4 Å². The molecular formula is C13H23N3O2. The zero-order valence-corrected chi connectivity index (χ0v) is 11.5. The van der Waals surface area contributed by atoms with Gasteiger partial charge in [-0.2, -0.15) is 0 Å². The maximum Gasteiger partial charge on any atom is 0.234 e. The second-order valence-electron chi connectivity index (χ2n) is 4.49. The summed E-state index contributed by atoms with van der Waals surface area (Å²) in [5, 5.41) is 6.85. The third-order valence-corrected chi connectivity index (χ3v) is 2.54. The maximum atomic E-state index is 11.7. The van der Waals surface area contributed by atoms with E-state index in [1.807, 2.05) is 19.9 Å². The second kappa shape index (κ2) is 7.87. The van der Waals surface area contributed by atoms with Gasteiger partial charge in [0.1, 0.15) is 5.76 Å². The molecule has 1 amide bonds. The number of aromatic nitrogens is 1. The summed E-state index contributed by atoms with van der Waals surface area (Å²) < 4.78 is 5.04. The van der Waals surface area contributed by atoms with Gasteiger partial charge in [-0.25, -0.2) is 0 Å². The van der Waals surface area contributed by atoms with Crippen molar-refractivity contribution in [1.82, 2.24) is 15.4 Å². The van der Waals surface area contributed by atoms with Crippen molar-refractivity contribution in [1.29, 1.82) is 0 Å². The number of amides is 1. The lowest BCUT2D eigenvalue weighted by atomic mass is 10.3. The van der Waals surface area contributed by atoms with Crippen LogP contribution in [0.15, 0.2) is 10.6 Å². The molecule has 1 aromatic heterocycles. The fourth-order valence-electron chi connectivity index (χ4n) is 1.78. The molecule has 0 fully saturated rings. The molecule has 18 heavy (non-hydrogen) atoms. The van der Waals surface area contributed by atoms with E-state index in [9.17, 15) is 4.79 Å². The summed E-state index contributed by atoms with van der Waals surface area (Å²) in [6.45, 7) is 8.71. The average Bonchev–Trinajstić information content (AvgIpc) is 2.72. The highest BCUT2D eigenvalue weighted by molar-refractivity contribution is 5.77. The van der Waals surface area contributed by atoms with E-state index >= 15 is 0 Å². The molecule has 0 spiro atoms. The minimum Gasteiger partial charge on any atom is -0.361 e. The van der Waals surface area contributed by atoms with Crippen LogP contribution in [-0.2, 0) is 11.3 Å². The van der Waals surface area contributed by atoms with Crippen LogP contribution in [0.2, 0.25) is 0 Å². The zero-order valence-electron chi connectivity index (χ0n) is 11.5. The van der Waals surface area contributed by atoms with Crippen molar-refractivity contribution in [3.63, 3.8) is 0 Å². The van der Waals surface area contributed by atoms with E-state index in [0.29, 0.717) is 13.1 Å². The Bertz CT molecular complexity index is 363. The van der Waals surface area contributed by atoms with Gasteiger partial charge < -0.3 is 9.84 Å². The summed E-state index contributed by atoms with van der Waals surface area (Å²) >= 11 is 0. The van der Waals surface area contributed by atoms with Crippen LogP contribution in [0.25, 0.3) is 0 Å². The van der Waals surface area contributed by atoms with Crippen molar-refractivity contribution in [2.45, 2.75) is 40.2 Å². The molecule has 1 N–H and O–H groups in total. The molecule has 0 saturated heterocycles. The Morgan fingerprint density at radius 1 is 1.44 bits per heavy atom. The summed E-state index contributed by atoms with van der Waals surface area (Å²) in [7, 11) is 0. The van der Waals surface area contributed by atoms with Crippen LogP contribution in [-0.4, -0.2) is 35.6 Å². The fourth-order valence-corrected chi connectivity index (χ4v) is 1.78. The van der Waals surface area contributed by atoms with Gasteiger partial charge in [-0.3, -0.25) is 9.69 Å². The Hall–Kier alpha value is -1.36. The third kappa shape index (κ3) is 5.31. The summed E-state index contributed by atoms with van der Waals surface area (Å²) in [5.41, 5.74) is 0.879. The average molecular weight is 253 g/mol. The Morgan fingerprint density at radius 3 is 2.78 bits per heavy atom. The number of carbonyl (C=O) groups is 1. The van der Waals surface area contributed by atoms with Crippen LogP contribution in [0.5, 0.6) is 0 Å². The molecule has 0 atom stereocenters. The molecule has 0 aliphatic rings. The summed E-state index contributed by atoms with van der Waals surface area (Å²) in [6.07, 6.45) is 1.97. The van der Waals surface area contributed by atoms with Crippen molar-refractivity contribution in [2.24, 2.45) is 0 Å². The Morgan fingerprint density at radius 2 is 2.22 bits per heavy atom. The first-order chi connectivity index (χ1) is 8.65. The predicted molar refractivity (Wildman–Crippen MR) is 70.1 cm³/mol. The van der Waals surface area contributed by atoms with Gasteiger partial charge in [0, 0.05) is 19.2 Å². The molecule has 0 saturated carbocycles. The molecule has 0 unspecified atom stereocenters. The number of hydrogen-bond donors (Lipinski definition) is 1. The van der Waals surface area contributed by atoms with Crippen molar-refractivity contribution in [3.8, 4) is 0 Å². The zero-order chi connectivity index (χ0) is 13.4. The van der Waals surface area contributed by atoms with Gasteiger partial charge in [-0.1, -0.05) is 19.0 Å². The van der Waals surface area contributed by atoms with Gasteiger partial charge in [0.15, 0.2) is 0 Å². The summed E-state index contributed by atoms with van der Waals surface area (Å²) in [6, 6.07) is 1.91. The Kier molecular flexibility index (Phi) is 6.43. The first kappa shape index (κ1) is 14.7. The van der Waals surface area contributed by atoms with Crippen LogP contribution in [0, 0.1) is 6.92 Å². The highest BCUT2D eigenvalue weighted by Gasteiger charge is 2.12. The first-order valence-corrected chi connectivity index (χ1v) is 6.57. The molecule has 0 radical (unpaired) electrons. The van der Waals surface area contributed by atoms with Crippen LogP contribution < -0.4 is 5.32 Å². The molecule has 1 heterocycles. The Labute approximate surface area is 109 Å². The fraction of sp³-hybridized carbons (Fsp3) is 0.692. The molecule has 1 aromatic rings. The predicted octanol–water partition coefficient (Wildman–Crippen LogP) is 1.72. The lowest BCUT2D eigenvalue weighted by molar-refractivity contribution is -0.122. The van der Waals surface area contributed by atoms with E-state index < -0.39 is 0 Å². The molecule has 102 valence electrons. The van der Waals surface area contributed by atoms with Gasteiger partial charge in [-0.05, 0) is 26.3 Å². The molecule has 5 heteroatoms. The van der Waals surface area contributed by atoms with E-state index in [-0.39, 0.29) is 5.91 Å². The maximum absolute atomic E-state index is 11.7. The first-order valence-electron chi connectivity index (χ1n) is 6.57. The highest BCUT2D eigenvalue weighted by atomic mass is 16.5. The molecule has 0 aliphatic heterocycles. The van der Waals surface area contributed by atoms with E-state index in [0.717, 1.165) is 37.4 Å². The highest BCUT2D eigenvalue weighted by Crippen LogP contribution is 2.06. The quantitative estimate of drug-likeness (QED) is 0.766. The van der Waals surface area contributed by atoms with Gasteiger partial charge in [-0.15, -0.1) is 0 Å². The van der Waals surface area contributed by atoms with Crippen molar-refractivity contribution in [3.05, 3.63) is 17.5 Å². The number of rotatable bonds is 8. The van der Waals surface area contributed by atoms with Crippen LogP contribution in [0.1, 0.15) is 38.1 Å². The van der Waals surface area contributed by atoms with Crippen molar-refractivity contribution in [2.75, 3.05) is 19.6 Å². The minimum atomic E-state index is 0.0746. The second-order valence-corrected chi connectivity index (χ2v) is 4.49. The van der Waals surface area contributed by atoms with Crippen LogP contribution in [0.4, 0.5) is 0 Å². The SMILES string of the molecule is CCCNC(=O)CN(CCC)Cc1cc(C)on1. The lowest BCUT2D eigenvalue weighted by Crippen LogP contribution is -2.37. The van der Waals surface area contributed by atoms with E-state index in [4.69, 9.17) is 4.52 Å². The normalized spacial score (nSPS) is 10.9. The molecular weight excluding hydrogens is 230 g/mol. The van der Waals surface area contributed by atoms with E-state index in [2.05, 4.69) is 22.3 Å². The Balaban J connectivity index is 2.46. The lowest BCUT2D eigenvalue weighted by Gasteiger charge is -2.19. The summed E-state index contributed by atoms with van der Waals surface area (Å²) in [4.78, 5) is 13.8. The van der Waals surface area contributed by atoms with Gasteiger partial charge in [0.25, 0.3) is 0 Å². The molecule has 0 aliphatic carbocycles. The van der Waals surface area contributed by atoms with Gasteiger partial charge in [0.2, 0.25) is 5.91 Å². The smallest absolute Gasteiger partial charge is 0.234 e. The van der Waals surface area contributed by atoms with Crippen molar-refractivity contribution < 1.29 is 9.32 Å². The van der Waals surface area contributed by atoms with Gasteiger partial charge >= 0.3 is 0 Å². The van der Waals surface area contributed by atoms with Gasteiger partial charge in [0.05, 0.1) is 12.2 Å². The number of nitrogens with zero attached hydrogens (tertiary/aromatic N) is 2. The monoisotopic (exact) mass is 253 g/mol. The number of hydrogen-bond acceptors (Lipinski definition) is 4. The van der Waals surface area contributed by atoms with Crippen molar-refractivity contribution >= 4 is 5.91 Å². The number of nitrogens with one attached hydrogen (secondary N) is 1. The largest absolute Gasteiger partial charge is 0.361 e. The molecule has 0 bridgehead atoms.